The van der Waals surface area contributed by atoms with E-state index in [0.29, 0.717) is 11.3 Å². The van der Waals surface area contributed by atoms with Crippen molar-refractivity contribution in [1.29, 1.82) is 0 Å². The Hall–Kier alpha value is -0.330. The van der Waals surface area contributed by atoms with Crippen LogP contribution in [0, 0.1) is 29.1 Å². The maximum Gasteiger partial charge on any atom is 0.120 e. The summed E-state index contributed by atoms with van der Waals surface area (Å²) in [5.74, 6) is 3.23. The molecular formula is C15H26O. The Balaban J connectivity index is 2.14. The number of fused-ring (bicyclic) bond motifs is 1. The van der Waals surface area contributed by atoms with Crippen LogP contribution in [0.25, 0.3) is 0 Å². The van der Waals surface area contributed by atoms with Gasteiger partial charge in [-0.3, -0.25) is 0 Å². The van der Waals surface area contributed by atoms with Crippen molar-refractivity contribution >= 4 is 6.29 Å². The molecule has 16 heavy (non-hydrogen) atoms. The van der Waals surface area contributed by atoms with Crippen LogP contribution in [0.15, 0.2) is 0 Å². The van der Waals surface area contributed by atoms with E-state index in [9.17, 15) is 4.79 Å². The molecule has 2 saturated carbocycles. The van der Waals surface area contributed by atoms with Gasteiger partial charge in [0.05, 0.1) is 0 Å². The summed E-state index contributed by atoms with van der Waals surface area (Å²) in [7, 11) is 0. The van der Waals surface area contributed by atoms with Crippen molar-refractivity contribution in [2.75, 3.05) is 0 Å². The first-order valence-corrected chi connectivity index (χ1v) is 7.03. The van der Waals surface area contributed by atoms with Gasteiger partial charge in [0.1, 0.15) is 6.29 Å². The second-order valence-electron chi connectivity index (χ2n) is 6.55. The highest BCUT2D eigenvalue weighted by Crippen LogP contribution is 2.59. The lowest BCUT2D eigenvalue weighted by atomic mass is 9.59. The van der Waals surface area contributed by atoms with Crippen LogP contribution < -0.4 is 0 Å². The van der Waals surface area contributed by atoms with Gasteiger partial charge < -0.3 is 4.79 Å². The molecule has 0 saturated heterocycles. The first-order valence-electron chi connectivity index (χ1n) is 7.03. The molecule has 0 aliphatic heterocycles. The Labute approximate surface area is 100.0 Å². The molecule has 1 heteroatoms. The predicted octanol–water partition coefficient (Wildman–Crippen LogP) is 4.06. The normalized spacial score (nSPS) is 45.1. The second-order valence-corrected chi connectivity index (χ2v) is 6.55. The molecule has 5 atom stereocenters. The van der Waals surface area contributed by atoms with E-state index in [1.54, 1.807) is 0 Å². The summed E-state index contributed by atoms with van der Waals surface area (Å²) in [4.78, 5) is 10.7. The summed E-state index contributed by atoms with van der Waals surface area (Å²) in [6, 6.07) is 0. The molecule has 0 N–H and O–H groups in total. The van der Waals surface area contributed by atoms with Crippen molar-refractivity contribution in [3.8, 4) is 0 Å². The molecular weight excluding hydrogens is 196 g/mol. The van der Waals surface area contributed by atoms with Crippen LogP contribution in [0.2, 0.25) is 0 Å². The van der Waals surface area contributed by atoms with Crippen molar-refractivity contribution in [3.05, 3.63) is 0 Å². The van der Waals surface area contributed by atoms with Crippen molar-refractivity contribution in [1.82, 2.24) is 0 Å². The highest BCUT2D eigenvalue weighted by atomic mass is 16.1. The van der Waals surface area contributed by atoms with Crippen LogP contribution in [-0.2, 0) is 4.79 Å². The third-order valence-corrected chi connectivity index (χ3v) is 5.70. The molecule has 5 unspecified atom stereocenters. The number of hydrogen-bond donors (Lipinski definition) is 0. The Morgan fingerprint density at radius 2 is 2.12 bits per heavy atom. The Bertz CT molecular complexity index is 260. The monoisotopic (exact) mass is 222 g/mol. The van der Waals surface area contributed by atoms with Crippen LogP contribution in [0.3, 0.4) is 0 Å². The fraction of sp³-hybridized carbons (Fsp3) is 0.933. The van der Waals surface area contributed by atoms with Crippen LogP contribution in [0.1, 0.15) is 59.3 Å². The molecule has 0 amide bonds. The lowest BCUT2D eigenvalue weighted by Gasteiger charge is -2.45. The van der Waals surface area contributed by atoms with Gasteiger partial charge in [-0.2, -0.15) is 0 Å². The zero-order valence-corrected chi connectivity index (χ0v) is 11.0. The molecule has 0 aromatic heterocycles. The Morgan fingerprint density at radius 3 is 2.81 bits per heavy atom. The average molecular weight is 222 g/mol. The first kappa shape index (κ1) is 12.1. The lowest BCUT2D eigenvalue weighted by molar-refractivity contribution is -0.109. The van der Waals surface area contributed by atoms with Crippen LogP contribution in [-0.4, -0.2) is 6.29 Å². The smallest absolute Gasteiger partial charge is 0.120 e. The van der Waals surface area contributed by atoms with Gasteiger partial charge in [-0.05, 0) is 48.3 Å². The van der Waals surface area contributed by atoms with Crippen LogP contribution >= 0.6 is 0 Å². The van der Waals surface area contributed by atoms with E-state index in [-0.39, 0.29) is 0 Å². The van der Waals surface area contributed by atoms with E-state index in [0.717, 1.165) is 30.5 Å². The number of rotatable bonds is 3. The Morgan fingerprint density at radius 1 is 1.38 bits per heavy atom. The van der Waals surface area contributed by atoms with Gasteiger partial charge in [0, 0.05) is 6.42 Å². The maximum atomic E-state index is 10.7. The average Bonchev–Trinajstić information content (AvgIpc) is 2.57. The van der Waals surface area contributed by atoms with Crippen molar-refractivity contribution in [2.45, 2.75) is 59.3 Å². The fourth-order valence-electron chi connectivity index (χ4n) is 4.86. The number of carbonyl (C=O) groups excluding carboxylic acids is 1. The van der Waals surface area contributed by atoms with Gasteiger partial charge >= 0.3 is 0 Å². The summed E-state index contributed by atoms with van der Waals surface area (Å²) >= 11 is 0. The predicted molar refractivity (Wildman–Crippen MR) is 67.2 cm³/mol. The molecule has 0 aromatic rings. The molecule has 0 aromatic carbocycles. The molecule has 2 aliphatic rings. The van der Waals surface area contributed by atoms with Gasteiger partial charge in [-0.15, -0.1) is 0 Å². The van der Waals surface area contributed by atoms with Crippen LogP contribution in [0.5, 0.6) is 0 Å². The Kier molecular flexibility index (Phi) is 3.42. The molecule has 2 fully saturated rings. The summed E-state index contributed by atoms with van der Waals surface area (Å²) in [6.45, 7) is 7.23. The van der Waals surface area contributed by atoms with Gasteiger partial charge in [0.25, 0.3) is 0 Å². The second kappa shape index (κ2) is 4.50. The van der Waals surface area contributed by atoms with E-state index in [2.05, 4.69) is 20.8 Å². The van der Waals surface area contributed by atoms with Gasteiger partial charge in [0.2, 0.25) is 0 Å². The summed E-state index contributed by atoms with van der Waals surface area (Å²) < 4.78 is 0. The lowest BCUT2D eigenvalue weighted by Crippen LogP contribution is -2.38. The number of aldehydes is 1. The largest absolute Gasteiger partial charge is 0.303 e. The zero-order chi connectivity index (χ0) is 11.8. The standard InChI is InChI=1S/C15H26O/c1-11-5-4-9-15(3)13(11)6-7-14(15)12(2)8-10-16/h10-14H,4-9H2,1-3H3. The van der Waals surface area contributed by atoms with E-state index >= 15 is 0 Å². The first-order chi connectivity index (χ1) is 7.59. The quantitative estimate of drug-likeness (QED) is 0.658. The van der Waals surface area contributed by atoms with Crippen molar-refractivity contribution in [3.63, 3.8) is 0 Å². The summed E-state index contributed by atoms with van der Waals surface area (Å²) in [5.41, 5.74) is 0.542. The summed E-state index contributed by atoms with van der Waals surface area (Å²) in [6.07, 6.45) is 8.88. The third kappa shape index (κ3) is 1.83. The topological polar surface area (TPSA) is 17.1 Å². The molecule has 0 spiro atoms. The van der Waals surface area contributed by atoms with E-state index in [4.69, 9.17) is 0 Å². The SMILES string of the molecule is CC(CC=O)C1CCC2C(C)CCCC12C. The van der Waals surface area contributed by atoms with E-state index in [1.165, 1.54) is 32.1 Å². The fourth-order valence-corrected chi connectivity index (χ4v) is 4.86. The zero-order valence-electron chi connectivity index (χ0n) is 11.0. The number of carbonyl (C=O) groups is 1. The van der Waals surface area contributed by atoms with E-state index < -0.39 is 0 Å². The van der Waals surface area contributed by atoms with E-state index in [1.807, 2.05) is 0 Å². The maximum absolute atomic E-state index is 10.7. The van der Waals surface area contributed by atoms with Crippen molar-refractivity contribution in [2.24, 2.45) is 29.1 Å². The minimum Gasteiger partial charge on any atom is -0.303 e. The third-order valence-electron chi connectivity index (χ3n) is 5.70. The molecule has 1 nitrogen and oxygen atoms in total. The van der Waals surface area contributed by atoms with Crippen LogP contribution in [0.4, 0.5) is 0 Å². The molecule has 92 valence electrons. The molecule has 2 aliphatic carbocycles. The highest BCUT2D eigenvalue weighted by Gasteiger charge is 2.51. The van der Waals surface area contributed by atoms with Gasteiger partial charge in [-0.25, -0.2) is 0 Å². The summed E-state index contributed by atoms with van der Waals surface area (Å²) in [5, 5.41) is 0. The molecule has 0 bridgehead atoms. The van der Waals surface area contributed by atoms with Gasteiger partial charge in [0.15, 0.2) is 0 Å². The minimum absolute atomic E-state index is 0.542. The van der Waals surface area contributed by atoms with Crippen molar-refractivity contribution < 1.29 is 4.79 Å². The van der Waals surface area contributed by atoms with Gasteiger partial charge in [-0.1, -0.05) is 33.6 Å². The minimum atomic E-state index is 0.542. The molecule has 0 heterocycles. The highest BCUT2D eigenvalue weighted by molar-refractivity contribution is 5.49. The number of hydrogen-bond acceptors (Lipinski definition) is 1. The molecule has 2 rings (SSSR count). The molecule has 0 radical (unpaired) electrons.